The number of hydrogen-bond donors (Lipinski definition) is 1. The number of amides is 1. The first-order valence-corrected chi connectivity index (χ1v) is 6.31. The van der Waals surface area contributed by atoms with E-state index in [-0.39, 0.29) is 18.4 Å². The molecule has 18 heavy (non-hydrogen) atoms. The lowest BCUT2D eigenvalue weighted by Crippen LogP contribution is -2.39. The Balaban J connectivity index is 2.63. The molecule has 0 fully saturated rings. The molecule has 2 N–H and O–H groups in total. The van der Waals surface area contributed by atoms with Crippen molar-refractivity contribution in [3.63, 3.8) is 0 Å². The number of rotatable bonds is 6. The van der Waals surface area contributed by atoms with Gasteiger partial charge in [0.05, 0.1) is 0 Å². The van der Waals surface area contributed by atoms with Gasteiger partial charge in [-0.1, -0.05) is 27.7 Å². The van der Waals surface area contributed by atoms with Crippen molar-refractivity contribution in [1.29, 1.82) is 0 Å². The van der Waals surface area contributed by atoms with Gasteiger partial charge in [-0.2, -0.15) is 0 Å². The van der Waals surface area contributed by atoms with Crippen LogP contribution in [0.15, 0.2) is 6.33 Å². The maximum absolute atomic E-state index is 12.2. The van der Waals surface area contributed by atoms with Gasteiger partial charge in [-0.15, -0.1) is 5.10 Å². The monoisotopic (exact) mass is 253 g/mol. The average Bonchev–Trinajstić information content (AvgIpc) is 2.61. The van der Waals surface area contributed by atoms with E-state index in [9.17, 15) is 4.79 Å². The fourth-order valence-electron chi connectivity index (χ4n) is 1.78. The Morgan fingerprint density at radius 2 is 1.89 bits per heavy atom. The standard InChI is InChI=1S/C12H23N5O/c1-9(2)5-16(6-10(3)4)11(18)7-17-8-14-12(13)15-17/h8-10H,5-7H2,1-4H3,(H2,13,15). The normalized spacial score (nSPS) is 11.2. The van der Waals surface area contributed by atoms with Gasteiger partial charge >= 0.3 is 0 Å². The second-order valence-corrected chi connectivity index (χ2v) is 5.39. The molecule has 0 spiro atoms. The minimum absolute atomic E-state index is 0.0577. The maximum Gasteiger partial charge on any atom is 0.244 e. The molecule has 0 bridgehead atoms. The molecule has 0 saturated carbocycles. The number of carbonyl (C=O) groups excluding carboxylic acids is 1. The molecule has 0 aliphatic rings. The first-order chi connectivity index (χ1) is 8.38. The maximum atomic E-state index is 12.2. The lowest BCUT2D eigenvalue weighted by atomic mass is 10.1. The number of nitrogens with zero attached hydrogens (tertiary/aromatic N) is 4. The number of nitrogen functional groups attached to an aromatic ring is 1. The highest BCUT2D eigenvalue weighted by Gasteiger charge is 2.17. The first kappa shape index (κ1) is 14.5. The van der Waals surface area contributed by atoms with Crippen LogP contribution in [0.25, 0.3) is 0 Å². The molecule has 6 nitrogen and oxygen atoms in total. The van der Waals surface area contributed by atoms with E-state index in [1.807, 2.05) is 4.90 Å². The Morgan fingerprint density at radius 1 is 1.33 bits per heavy atom. The molecule has 0 radical (unpaired) electrons. The fraction of sp³-hybridized carbons (Fsp3) is 0.750. The van der Waals surface area contributed by atoms with Crippen LogP contribution in [0.4, 0.5) is 5.95 Å². The molecular formula is C12H23N5O. The van der Waals surface area contributed by atoms with Crippen molar-refractivity contribution in [2.24, 2.45) is 11.8 Å². The van der Waals surface area contributed by atoms with E-state index in [0.717, 1.165) is 13.1 Å². The predicted molar refractivity (Wildman–Crippen MR) is 70.7 cm³/mol. The zero-order valence-electron chi connectivity index (χ0n) is 11.6. The summed E-state index contributed by atoms with van der Waals surface area (Å²) in [4.78, 5) is 17.9. The van der Waals surface area contributed by atoms with Gasteiger partial charge in [0.1, 0.15) is 12.9 Å². The minimum atomic E-state index is 0.0577. The van der Waals surface area contributed by atoms with E-state index in [1.54, 1.807) is 0 Å². The van der Waals surface area contributed by atoms with Crippen LogP contribution in [0.5, 0.6) is 0 Å². The number of anilines is 1. The van der Waals surface area contributed by atoms with Crippen molar-refractivity contribution < 1.29 is 4.79 Å². The summed E-state index contributed by atoms with van der Waals surface area (Å²) in [7, 11) is 0. The van der Waals surface area contributed by atoms with E-state index in [2.05, 4.69) is 37.8 Å². The zero-order valence-corrected chi connectivity index (χ0v) is 11.6. The van der Waals surface area contributed by atoms with Gasteiger partial charge in [-0.3, -0.25) is 4.79 Å². The Morgan fingerprint density at radius 3 is 2.28 bits per heavy atom. The molecule has 0 aromatic carbocycles. The number of nitrogens with two attached hydrogens (primary N) is 1. The summed E-state index contributed by atoms with van der Waals surface area (Å²) in [6.07, 6.45) is 1.48. The first-order valence-electron chi connectivity index (χ1n) is 6.31. The van der Waals surface area contributed by atoms with Crippen LogP contribution in [-0.4, -0.2) is 38.7 Å². The highest BCUT2D eigenvalue weighted by atomic mass is 16.2. The lowest BCUT2D eigenvalue weighted by molar-refractivity contribution is -0.133. The molecule has 1 rings (SSSR count). The van der Waals surface area contributed by atoms with Gasteiger partial charge in [-0.25, -0.2) is 9.67 Å². The summed E-state index contributed by atoms with van der Waals surface area (Å²) in [6.45, 7) is 10.1. The second kappa shape index (κ2) is 6.37. The van der Waals surface area contributed by atoms with E-state index >= 15 is 0 Å². The van der Waals surface area contributed by atoms with E-state index in [4.69, 9.17) is 5.73 Å². The van der Waals surface area contributed by atoms with Crippen LogP contribution >= 0.6 is 0 Å². The van der Waals surface area contributed by atoms with Crippen LogP contribution < -0.4 is 5.73 Å². The molecule has 0 unspecified atom stereocenters. The van der Waals surface area contributed by atoms with Gasteiger partial charge in [-0.05, 0) is 11.8 Å². The largest absolute Gasteiger partial charge is 0.367 e. The van der Waals surface area contributed by atoms with Crippen molar-refractivity contribution in [2.75, 3.05) is 18.8 Å². The van der Waals surface area contributed by atoms with Crippen molar-refractivity contribution in [1.82, 2.24) is 19.7 Å². The summed E-state index contributed by atoms with van der Waals surface area (Å²) in [5, 5.41) is 3.93. The molecule has 102 valence electrons. The Bertz CT molecular complexity index is 376. The van der Waals surface area contributed by atoms with Crippen molar-refractivity contribution in [3.05, 3.63) is 6.33 Å². The Labute approximate surface area is 108 Å². The Hall–Kier alpha value is -1.59. The van der Waals surface area contributed by atoms with Crippen molar-refractivity contribution >= 4 is 11.9 Å². The molecule has 0 aliphatic carbocycles. The van der Waals surface area contributed by atoms with Crippen LogP contribution in [0.1, 0.15) is 27.7 Å². The second-order valence-electron chi connectivity index (χ2n) is 5.39. The molecule has 0 aliphatic heterocycles. The third-order valence-electron chi connectivity index (χ3n) is 2.38. The summed E-state index contributed by atoms with van der Waals surface area (Å²) in [5.41, 5.74) is 5.42. The molecule has 0 atom stereocenters. The molecular weight excluding hydrogens is 230 g/mol. The molecule has 0 saturated heterocycles. The average molecular weight is 253 g/mol. The third-order valence-corrected chi connectivity index (χ3v) is 2.38. The smallest absolute Gasteiger partial charge is 0.244 e. The Kier molecular flexibility index (Phi) is 5.12. The summed E-state index contributed by atoms with van der Waals surface area (Å²) in [5.74, 6) is 1.16. The van der Waals surface area contributed by atoms with Crippen LogP contribution in [0.3, 0.4) is 0 Å². The number of carbonyl (C=O) groups is 1. The minimum Gasteiger partial charge on any atom is -0.367 e. The van der Waals surface area contributed by atoms with Crippen LogP contribution in [0.2, 0.25) is 0 Å². The van der Waals surface area contributed by atoms with Gasteiger partial charge in [0, 0.05) is 13.1 Å². The highest BCUT2D eigenvalue weighted by Crippen LogP contribution is 2.05. The van der Waals surface area contributed by atoms with E-state index in [1.165, 1.54) is 11.0 Å². The van der Waals surface area contributed by atoms with Gasteiger partial charge in [0.15, 0.2) is 0 Å². The van der Waals surface area contributed by atoms with Crippen molar-refractivity contribution in [2.45, 2.75) is 34.2 Å². The number of hydrogen-bond acceptors (Lipinski definition) is 4. The van der Waals surface area contributed by atoms with Crippen LogP contribution in [0, 0.1) is 11.8 Å². The zero-order chi connectivity index (χ0) is 13.7. The van der Waals surface area contributed by atoms with E-state index in [0.29, 0.717) is 11.8 Å². The van der Waals surface area contributed by atoms with E-state index < -0.39 is 0 Å². The summed E-state index contributed by atoms with van der Waals surface area (Å²) in [6, 6.07) is 0. The van der Waals surface area contributed by atoms with Gasteiger partial charge in [0.2, 0.25) is 11.9 Å². The topological polar surface area (TPSA) is 77.0 Å². The molecule has 1 amide bonds. The lowest BCUT2D eigenvalue weighted by Gasteiger charge is -2.26. The van der Waals surface area contributed by atoms with Crippen molar-refractivity contribution in [3.8, 4) is 0 Å². The molecule has 1 aromatic heterocycles. The summed E-state index contributed by atoms with van der Waals surface area (Å²) < 4.78 is 1.48. The highest BCUT2D eigenvalue weighted by molar-refractivity contribution is 5.75. The molecule has 1 aromatic rings. The van der Waals surface area contributed by atoms with Gasteiger partial charge < -0.3 is 10.6 Å². The summed E-state index contributed by atoms with van der Waals surface area (Å²) >= 11 is 0. The molecule has 1 heterocycles. The van der Waals surface area contributed by atoms with Gasteiger partial charge in [0.25, 0.3) is 0 Å². The molecule has 6 heteroatoms. The fourth-order valence-corrected chi connectivity index (χ4v) is 1.78. The van der Waals surface area contributed by atoms with Crippen LogP contribution in [-0.2, 0) is 11.3 Å². The third kappa shape index (κ3) is 4.73. The predicted octanol–water partition coefficient (Wildman–Crippen LogP) is 1.00. The SMILES string of the molecule is CC(C)CN(CC(C)C)C(=O)Cn1cnc(N)n1. The quantitative estimate of drug-likeness (QED) is 0.820. The number of aromatic nitrogens is 3.